The molecule has 3 N–H and O–H groups in total. The third kappa shape index (κ3) is 5.94. The first-order chi connectivity index (χ1) is 18.2. The quantitative estimate of drug-likeness (QED) is 0.236. The minimum Gasteiger partial charge on any atom is -0.495 e. The van der Waals surface area contributed by atoms with Crippen molar-refractivity contribution in [3.63, 3.8) is 0 Å². The molecule has 1 heterocycles. The van der Waals surface area contributed by atoms with Gasteiger partial charge in [0.25, 0.3) is 0 Å². The zero-order valence-corrected chi connectivity index (χ0v) is 22.7. The van der Waals surface area contributed by atoms with Crippen LogP contribution < -0.4 is 15.4 Å². The Labute approximate surface area is 228 Å². The number of anilines is 4. The minimum atomic E-state index is -1.37. The van der Waals surface area contributed by atoms with Gasteiger partial charge in [-0.25, -0.2) is 18.3 Å². The summed E-state index contributed by atoms with van der Waals surface area (Å²) < 4.78 is 19.9. The minimum absolute atomic E-state index is 0.219. The summed E-state index contributed by atoms with van der Waals surface area (Å²) in [5.74, 6) is 0.196. The number of carboxylic acids is 1. The number of rotatable bonds is 9. The predicted molar refractivity (Wildman–Crippen MR) is 150 cm³/mol. The van der Waals surface area contributed by atoms with E-state index in [1.165, 1.54) is 6.20 Å². The van der Waals surface area contributed by atoms with Gasteiger partial charge in [-0.3, -0.25) is 0 Å². The van der Waals surface area contributed by atoms with Crippen molar-refractivity contribution in [2.75, 3.05) is 31.8 Å². The van der Waals surface area contributed by atoms with Gasteiger partial charge in [-0.15, -0.1) is 0 Å². The van der Waals surface area contributed by atoms with Crippen molar-refractivity contribution in [3.05, 3.63) is 83.0 Å². The number of nitrogens with one attached hydrogen (secondary N) is 2. The molecule has 0 fully saturated rings. The van der Waals surface area contributed by atoms with Gasteiger partial charge in [0.15, 0.2) is 5.82 Å². The van der Waals surface area contributed by atoms with Crippen molar-refractivity contribution in [2.45, 2.75) is 11.8 Å². The molecule has 0 saturated carbocycles. The van der Waals surface area contributed by atoms with Crippen LogP contribution >= 0.6 is 11.6 Å². The molecule has 0 aliphatic rings. The fraction of sp³-hybridized carbons (Fsp3) is 0.148. The highest BCUT2D eigenvalue weighted by atomic mass is 35.5. The SMILES string of the molecule is COc1cc(-c2ccc(C(=O)O)cc2)c(C)cc1Nc1ncc(Cl)c(Nc2ccccc2S(=O)N(C)C)n1. The maximum absolute atomic E-state index is 12.7. The van der Waals surface area contributed by atoms with E-state index in [1.54, 1.807) is 61.9 Å². The molecule has 0 spiro atoms. The van der Waals surface area contributed by atoms with Crippen LogP contribution in [0.5, 0.6) is 5.75 Å². The molecule has 196 valence electrons. The second-order valence-corrected chi connectivity index (χ2v) is 10.5. The molecule has 4 rings (SSSR count). The van der Waals surface area contributed by atoms with Gasteiger partial charge >= 0.3 is 5.97 Å². The van der Waals surface area contributed by atoms with Crippen LogP contribution in [0.2, 0.25) is 5.02 Å². The lowest BCUT2D eigenvalue weighted by Gasteiger charge is -2.17. The highest BCUT2D eigenvalue weighted by Crippen LogP contribution is 2.36. The summed E-state index contributed by atoms with van der Waals surface area (Å²) in [7, 11) is 3.66. The van der Waals surface area contributed by atoms with Gasteiger partial charge in [-0.05, 0) is 74.1 Å². The number of hydrogen-bond donors (Lipinski definition) is 3. The number of benzene rings is 3. The van der Waals surface area contributed by atoms with Gasteiger partial charge in [0, 0.05) is 0 Å². The molecular weight excluding hydrogens is 526 g/mol. The maximum atomic E-state index is 12.7. The van der Waals surface area contributed by atoms with Gasteiger partial charge in [-0.1, -0.05) is 35.9 Å². The smallest absolute Gasteiger partial charge is 0.335 e. The Balaban J connectivity index is 1.63. The Kier molecular flexibility index (Phi) is 8.26. The second-order valence-electron chi connectivity index (χ2n) is 8.45. The number of aryl methyl sites for hydroxylation is 1. The van der Waals surface area contributed by atoms with E-state index >= 15 is 0 Å². The zero-order chi connectivity index (χ0) is 27.4. The molecule has 1 atom stereocenters. The van der Waals surface area contributed by atoms with Crippen LogP contribution in [-0.2, 0) is 11.0 Å². The summed E-state index contributed by atoms with van der Waals surface area (Å²) in [5, 5.41) is 15.8. The summed E-state index contributed by atoms with van der Waals surface area (Å²) in [6.45, 7) is 1.95. The van der Waals surface area contributed by atoms with E-state index in [2.05, 4.69) is 20.6 Å². The third-order valence-corrected chi connectivity index (χ3v) is 7.31. The molecule has 3 aromatic carbocycles. The molecule has 0 saturated heterocycles. The van der Waals surface area contributed by atoms with Crippen molar-refractivity contribution in [1.29, 1.82) is 0 Å². The monoisotopic (exact) mass is 551 g/mol. The first-order valence-electron chi connectivity index (χ1n) is 11.4. The molecule has 0 aliphatic heterocycles. The van der Waals surface area contributed by atoms with E-state index in [0.29, 0.717) is 32.9 Å². The summed E-state index contributed by atoms with van der Waals surface area (Å²) in [6.07, 6.45) is 1.47. The Bertz CT molecular complexity index is 1510. The summed E-state index contributed by atoms with van der Waals surface area (Å²) in [6, 6.07) is 17.7. The standard InChI is InChI=1S/C27H26ClN5O4S/c1-16-13-22(23(37-4)14-19(16)17-9-11-18(12-10-17)26(34)35)31-27-29-15-20(28)25(32-27)30-21-7-5-6-8-24(21)38(36)33(2)3/h5-15H,1-4H3,(H,34,35)(H2,29,30,31,32). The Morgan fingerprint density at radius 2 is 1.76 bits per heavy atom. The molecular formula is C27H26ClN5O4S. The van der Waals surface area contributed by atoms with E-state index in [9.17, 15) is 14.1 Å². The number of hydrogen-bond acceptors (Lipinski definition) is 7. The number of carbonyl (C=O) groups is 1. The first kappa shape index (κ1) is 27.1. The molecule has 38 heavy (non-hydrogen) atoms. The maximum Gasteiger partial charge on any atom is 0.335 e. The molecule has 0 amide bonds. The van der Waals surface area contributed by atoms with Gasteiger partial charge in [0.05, 0.1) is 35.1 Å². The Morgan fingerprint density at radius 1 is 1.05 bits per heavy atom. The van der Waals surface area contributed by atoms with E-state index in [0.717, 1.165) is 16.7 Å². The average Bonchev–Trinajstić information content (AvgIpc) is 2.90. The van der Waals surface area contributed by atoms with Crippen LogP contribution in [0.25, 0.3) is 11.1 Å². The molecule has 4 aromatic rings. The topological polar surface area (TPSA) is 117 Å². The van der Waals surface area contributed by atoms with Crippen molar-refractivity contribution >= 4 is 51.7 Å². The van der Waals surface area contributed by atoms with Gasteiger partial charge in [-0.2, -0.15) is 4.98 Å². The number of aromatic carboxylic acids is 1. The van der Waals surface area contributed by atoms with Gasteiger partial charge < -0.3 is 20.5 Å². The largest absolute Gasteiger partial charge is 0.495 e. The highest BCUT2D eigenvalue weighted by molar-refractivity contribution is 7.82. The van der Waals surface area contributed by atoms with Crippen LogP contribution in [0.3, 0.4) is 0 Å². The molecule has 11 heteroatoms. The summed E-state index contributed by atoms with van der Waals surface area (Å²) in [4.78, 5) is 20.6. The van der Waals surface area contributed by atoms with Crippen LogP contribution in [0, 0.1) is 6.92 Å². The summed E-state index contributed by atoms with van der Waals surface area (Å²) in [5.41, 5.74) is 4.16. The van der Waals surface area contributed by atoms with Gasteiger partial charge in [0.2, 0.25) is 5.95 Å². The molecule has 1 unspecified atom stereocenters. The Morgan fingerprint density at radius 3 is 2.42 bits per heavy atom. The lowest BCUT2D eigenvalue weighted by atomic mass is 9.98. The lowest BCUT2D eigenvalue weighted by molar-refractivity contribution is 0.0697. The number of halogens is 1. The van der Waals surface area contributed by atoms with Crippen LogP contribution in [0.15, 0.2) is 71.8 Å². The lowest BCUT2D eigenvalue weighted by Crippen LogP contribution is -2.16. The fourth-order valence-corrected chi connectivity index (χ4v) is 4.77. The first-order valence-corrected chi connectivity index (χ1v) is 12.9. The number of nitrogens with zero attached hydrogens (tertiary/aromatic N) is 3. The van der Waals surface area contributed by atoms with Crippen molar-refractivity contribution in [3.8, 4) is 16.9 Å². The molecule has 1 aromatic heterocycles. The van der Waals surface area contributed by atoms with Gasteiger partial charge in [0.1, 0.15) is 21.8 Å². The zero-order valence-electron chi connectivity index (χ0n) is 21.2. The second kappa shape index (κ2) is 11.6. The van der Waals surface area contributed by atoms with E-state index in [1.807, 2.05) is 31.2 Å². The van der Waals surface area contributed by atoms with Crippen LogP contribution in [0.4, 0.5) is 23.1 Å². The Hall–Kier alpha value is -3.99. The van der Waals surface area contributed by atoms with Crippen LogP contribution in [0.1, 0.15) is 15.9 Å². The van der Waals surface area contributed by atoms with Crippen LogP contribution in [-0.4, -0.2) is 50.8 Å². The number of ether oxygens (including phenoxy) is 1. The number of carboxylic acid groups (broad SMARTS) is 1. The van der Waals surface area contributed by atoms with E-state index in [4.69, 9.17) is 16.3 Å². The number of aromatic nitrogens is 2. The van der Waals surface area contributed by atoms with Crippen molar-refractivity contribution < 1.29 is 18.8 Å². The average molecular weight is 552 g/mol. The predicted octanol–water partition coefficient (Wildman–Crippen LogP) is 5.88. The molecule has 0 radical (unpaired) electrons. The normalized spacial score (nSPS) is 11.7. The third-order valence-electron chi connectivity index (χ3n) is 5.64. The van der Waals surface area contributed by atoms with Crippen molar-refractivity contribution in [2.24, 2.45) is 0 Å². The van der Waals surface area contributed by atoms with E-state index < -0.39 is 17.0 Å². The molecule has 0 bridgehead atoms. The number of methoxy groups -OCH3 is 1. The number of para-hydroxylation sites is 1. The fourth-order valence-electron chi connectivity index (χ4n) is 3.74. The van der Waals surface area contributed by atoms with E-state index in [-0.39, 0.29) is 11.5 Å². The summed E-state index contributed by atoms with van der Waals surface area (Å²) >= 11 is 6.38. The molecule has 9 nitrogen and oxygen atoms in total. The van der Waals surface area contributed by atoms with Crippen molar-refractivity contribution in [1.82, 2.24) is 14.3 Å². The molecule has 0 aliphatic carbocycles. The highest BCUT2D eigenvalue weighted by Gasteiger charge is 2.16.